The van der Waals surface area contributed by atoms with Crippen LogP contribution in [-0.2, 0) is 15.7 Å². The van der Waals surface area contributed by atoms with Gasteiger partial charge in [-0.25, -0.2) is 8.42 Å². The molecule has 0 heterocycles. The molecule has 0 aromatic heterocycles. The van der Waals surface area contributed by atoms with Crippen LogP contribution < -0.4 is 9.47 Å². The average Bonchev–Trinajstić information content (AvgIpc) is 2.64. The molecule has 0 N–H and O–H groups in total. The zero-order chi connectivity index (χ0) is 18.7. The first-order chi connectivity index (χ1) is 12.4. The molecule has 0 unspecified atom stereocenters. The standard InChI is InChI=1S/C19H14ClNO4S/c1-24-19-8-13(11-21)2-3-16(19)12-25-17-6-4-15-10-18(26(20,22)23)7-5-14(15)9-17/h2-10H,12H2,1H3. The molecular weight excluding hydrogens is 374 g/mol. The maximum atomic E-state index is 11.4. The number of rotatable bonds is 5. The summed E-state index contributed by atoms with van der Waals surface area (Å²) in [5.41, 5.74) is 1.33. The van der Waals surface area contributed by atoms with Crippen molar-refractivity contribution in [1.82, 2.24) is 0 Å². The molecule has 0 saturated carbocycles. The Bertz CT molecular complexity index is 1120. The number of hydrogen-bond acceptors (Lipinski definition) is 5. The fourth-order valence-corrected chi connectivity index (χ4v) is 3.32. The summed E-state index contributed by atoms with van der Waals surface area (Å²) in [5, 5.41) is 10.5. The summed E-state index contributed by atoms with van der Waals surface area (Å²) in [4.78, 5) is 0.0580. The summed E-state index contributed by atoms with van der Waals surface area (Å²) < 4.78 is 33.9. The van der Waals surface area contributed by atoms with E-state index in [0.717, 1.165) is 16.3 Å². The summed E-state index contributed by atoms with van der Waals surface area (Å²) in [6, 6.07) is 17.2. The van der Waals surface area contributed by atoms with E-state index in [1.165, 1.54) is 12.1 Å². The first kappa shape index (κ1) is 18.1. The van der Waals surface area contributed by atoms with Crippen LogP contribution >= 0.6 is 10.7 Å². The highest BCUT2D eigenvalue weighted by Gasteiger charge is 2.11. The third-order valence-electron chi connectivity index (χ3n) is 3.88. The Morgan fingerprint density at radius 3 is 2.46 bits per heavy atom. The summed E-state index contributed by atoms with van der Waals surface area (Å²) in [6.45, 7) is 0.272. The lowest BCUT2D eigenvalue weighted by Crippen LogP contribution is -1.99. The van der Waals surface area contributed by atoms with E-state index in [2.05, 4.69) is 6.07 Å². The smallest absolute Gasteiger partial charge is 0.261 e. The molecule has 0 bridgehead atoms. The quantitative estimate of drug-likeness (QED) is 0.612. The number of halogens is 1. The minimum absolute atomic E-state index is 0.0580. The van der Waals surface area contributed by atoms with E-state index in [1.807, 2.05) is 6.07 Å². The number of methoxy groups -OCH3 is 1. The van der Waals surface area contributed by atoms with Gasteiger partial charge in [0.05, 0.1) is 23.6 Å². The Morgan fingerprint density at radius 2 is 1.77 bits per heavy atom. The van der Waals surface area contributed by atoms with Gasteiger partial charge in [0.25, 0.3) is 9.05 Å². The number of nitriles is 1. The van der Waals surface area contributed by atoms with E-state index in [0.29, 0.717) is 17.1 Å². The van der Waals surface area contributed by atoms with Gasteiger partial charge in [-0.3, -0.25) is 0 Å². The number of nitrogens with zero attached hydrogens (tertiary/aromatic N) is 1. The molecule has 0 fully saturated rings. The van der Waals surface area contributed by atoms with Crippen LogP contribution in [0, 0.1) is 11.3 Å². The van der Waals surface area contributed by atoms with Gasteiger partial charge in [0.15, 0.2) is 0 Å². The molecule has 0 aliphatic carbocycles. The Labute approximate surface area is 155 Å². The zero-order valence-corrected chi connectivity index (χ0v) is 15.3. The van der Waals surface area contributed by atoms with Crippen LogP contribution in [0.1, 0.15) is 11.1 Å². The molecule has 0 aliphatic heterocycles. The molecular formula is C19H14ClNO4S. The van der Waals surface area contributed by atoms with Gasteiger partial charge in [-0.2, -0.15) is 5.26 Å². The monoisotopic (exact) mass is 387 g/mol. The lowest BCUT2D eigenvalue weighted by atomic mass is 10.1. The van der Waals surface area contributed by atoms with Gasteiger partial charge >= 0.3 is 0 Å². The third kappa shape index (κ3) is 3.90. The summed E-state index contributed by atoms with van der Waals surface area (Å²) >= 11 is 0. The van der Waals surface area contributed by atoms with E-state index in [-0.39, 0.29) is 11.5 Å². The lowest BCUT2D eigenvalue weighted by molar-refractivity contribution is 0.297. The van der Waals surface area contributed by atoms with Crippen LogP contribution in [0.5, 0.6) is 11.5 Å². The predicted molar refractivity (Wildman–Crippen MR) is 99.0 cm³/mol. The van der Waals surface area contributed by atoms with Crippen LogP contribution in [0.3, 0.4) is 0 Å². The molecule has 3 aromatic rings. The molecule has 7 heteroatoms. The van der Waals surface area contributed by atoms with E-state index in [1.54, 1.807) is 43.5 Å². The molecule has 0 saturated heterocycles. The van der Waals surface area contributed by atoms with E-state index in [9.17, 15) is 8.42 Å². The predicted octanol–water partition coefficient (Wildman–Crippen LogP) is 4.23. The molecule has 0 aliphatic rings. The minimum Gasteiger partial charge on any atom is -0.496 e. The largest absolute Gasteiger partial charge is 0.496 e. The molecule has 0 amide bonds. The zero-order valence-electron chi connectivity index (χ0n) is 13.8. The van der Waals surface area contributed by atoms with Crippen molar-refractivity contribution in [2.45, 2.75) is 11.5 Å². The van der Waals surface area contributed by atoms with Crippen molar-refractivity contribution >= 4 is 30.5 Å². The number of ether oxygens (including phenoxy) is 2. The van der Waals surface area contributed by atoms with E-state index < -0.39 is 9.05 Å². The van der Waals surface area contributed by atoms with Crippen LogP contribution in [0.4, 0.5) is 0 Å². The highest BCUT2D eigenvalue weighted by molar-refractivity contribution is 8.13. The number of hydrogen-bond donors (Lipinski definition) is 0. The van der Waals surface area contributed by atoms with Gasteiger partial charge in [0.2, 0.25) is 0 Å². The van der Waals surface area contributed by atoms with Crippen LogP contribution in [0.2, 0.25) is 0 Å². The molecule has 3 rings (SSSR count). The highest BCUT2D eigenvalue weighted by atomic mass is 35.7. The lowest BCUT2D eigenvalue weighted by Gasteiger charge is -2.11. The van der Waals surface area contributed by atoms with Crippen LogP contribution in [0.25, 0.3) is 10.8 Å². The second-order valence-electron chi connectivity index (χ2n) is 5.54. The second-order valence-corrected chi connectivity index (χ2v) is 8.10. The first-order valence-electron chi connectivity index (χ1n) is 7.59. The number of benzene rings is 3. The summed E-state index contributed by atoms with van der Waals surface area (Å²) in [5.74, 6) is 1.21. The highest BCUT2D eigenvalue weighted by Crippen LogP contribution is 2.27. The molecule has 0 radical (unpaired) electrons. The van der Waals surface area contributed by atoms with E-state index >= 15 is 0 Å². The molecule has 0 atom stereocenters. The molecule has 5 nitrogen and oxygen atoms in total. The second kappa shape index (κ2) is 7.24. The fraction of sp³-hybridized carbons (Fsp3) is 0.105. The van der Waals surface area contributed by atoms with Gasteiger partial charge < -0.3 is 9.47 Å². The van der Waals surface area contributed by atoms with Gasteiger partial charge in [-0.05, 0) is 47.2 Å². The summed E-state index contributed by atoms with van der Waals surface area (Å²) in [7, 11) is 3.15. The first-order valence-corrected chi connectivity index (χ1v) is 9.90. The van der Waals surface area contributed by atoms with Crippen LogP contribution in [-0.4, -0.2) is 15.5 Å². The SMILES string of the molecule is COc1cc(C#N)ccc1COc1ccc2cc(S(=O)(=O)Cl)ccc2c1. The molecule has 26 heavy (non-hydrogen) atoms. The Kier molecular flexibility index (Phi) is 5.03. The van der Waals surface area contributed by atoms with Crippen molar-refractivity contribution in [3.8, 4) is 17.6 Å². The van der Waals surface area contributed by atoms with Gasteiger partial charge in [0, 0.05) is 16.2 Å². The van der Waals surface area contributed by atoms with E-state index in [4.69, 9.17) is 25.4 Å². The summed E-state index contributed by atoms with van der Waals surface area (Å²) in [6.07, 6.45) is 0. The third-order valence-corrected chi connectivity index (χ3v) is 5.23. The van der Waals surface area contributed by atoms with Crippen molar-refractivity contribution in [2.75, 3.05) is 7.11 Å². The number of fused-ring (bicyclic) bond motifs is 1. The van der Waals surface area contributed by atoms with Crippen molar-refractivity contribution in [2.24, 2.45) is 0 Å². The molecule has 3 aromatic carbocycles. The van der Waals surface area contributed by atoms with Gasteiger partial charge in [-0.15, -0.1) is 0 Å². The fourth-order valence-electron chi connectivity index (χ4n) is 2.54. The minimum atomic E-state index is -3.76. The van der Waals surface area contributed by atoms with Crippen molar-refractivity contribution in [3.63, 3.8) is 0 Å². The van der Waals surface area contributed by atoms with Crippen molar-refractivity contribution < 1.29 is 17.9 Å². The Hall–Kier alpha value is -2.75. The van der Waals surface area contributed by atoms with Crippen molar-refractivity contribution in [3.05, 3.63) is 65.7 Å². The maximum Gasteiger partial charge on any atom is 0.261 e. The van der Waals surface area contributed by atoms with Gasteiger partial charge in [0.1, 0.15) is 18.1 Å². The topological polar surface area (TPSA) is 76.4 Å². The van der Waals surface area contributed by atoms with Crippen molar-refractivity contribution in [1.29, 1.82) is 5.26 Å². The van der Waals surface area contributed by atoms with Gasteiger partial charge in [-0.1, -0.05) is 18.2 Å². The molecule has 132 valence electrons. The Morgan fingerprint density at radius 1 is 1.04 bits per heavy atom. The maximum absolute atomic E-state index is 11.4. The van der Waals surface area contributed by atoms with Crippen LogP contribution in [0.15, 0.2) is 59.5 Å². The molecule has 0 spiro atoms. The average molecular weight is 388 g/mol. The Balaban J connectivity index is 1.83. The normalized spacial score (nSPS) is 11.1.